The second-order valence-corrected chi connectivity index (χ2v) is 8.60. The summed E-state index contributed by atoms with van der Waals surface area (Å²) in [7, 11) is -3.58. The van der Waals surface area contributed by atoms with Gasteiger partial charge < -0.3 is 0 Å². The molecule has 2 atom stereocenters. The molecule has 0 radical (unpaired) electrons. The van der Waals surface area contributed by atoms with E-state index in [1.807, 2.05) is 0 Å². The number of hydrogen-bond acceptors (Lipinski definition) is 6. The van der Waals surface area contributed by atoms with Gasteiger partial charge >= 0.3 is 6.36 Å². The lowest BCUT2D eigenvalue weighted by Gasteiger charge is -2.29. The maximum atomic E-state index is 12.6. The number of hydrogen-bond donors (Lipinski definition) is 0. The normalized spacial score (nSPS) is 24.0. The lowest BCUT2D eigenvalue weighted by atomic mass is 10.1. The third-order valence-corrected chi connectivity index (χ3v) is 7.12. The van der Waals surface area contributed by atoms with Crippen LogP contribution in [0.4, 0.5) is 13.2 Å². The van der Waals surface area contributed by atoms with Crippen molar-refractivity contribution >= 4 is 27.4 Å². The molecule has 0 saturated carbocycles. The standard InChI is InChI=1S/C12H14F3NO4S2/c1-3-22(18,19)7(2)11-16(20-12(13,14)15)9-5-4-8(17)6-10(9)21-11/h5-7,11H,3-4H2,1-2H3. The Hall–Kier alpha value is -1.00. The van der Waals surface area contributed by atoms with E-state index >= 15 is 0 Å². The fourth-order valence-electron chi connectivity index (χ4n) is 2.12. The summed E-state index contributed by atoms with van der Waals surface area (Å²) < 4.78 is 61.8. The molecule has 1 saturated heterocycles. The molecule has 1 aliphatic carbocycles. The predicted molar refractivity (Wildman–Crippen MR) is 75.1 cm³/mol. The van der Waals surface area contributed by atoms with Gasteiger partial charge in [-0.3, -0.25) is 4.79 Å². The van der Waals surface area contributed by atoms with Crippen LogP contribution >= 0.6 is 11.8 Å². The minimum Gasteiger partial charge on any atom is -0.294 e. The molecule has 22 heavy (non-hydrogen) atoms. The number of ketones is 1. The molecule has 0 N–H and O–H groups in total. The van der Waals surface area contributed by atoms with Crippen LogP contribution in [0.15, 0.2) is 22.8 Å². The molecule has 1 heterocycles. The fourth-order valence-corrected chi connectivity index (χ4v) is 4.99. The van der Waals surface area contributed by atoms with E-state index in [-0.39, 0.29) is 23.7 Å². The van der Waals surface area contributed by atoms with E-state index in [4.69, 9.17) is 0 Å². The van der Waals surface area contributed by atoms with Gasteiger partial charge in [0.1, 0.15) is 5.37 Å². The van der Waals surface area contributed by atoms with Gasteiger partial charge in [-0.2, -0.15) is 4.84 Å². The van der Waals surface area contributed by atoms with Gasteiger partial charge in [0.05, 0.1) is 10.9 Å². The molecule has 0 spiro atoms. The van der Waals surface area contributed by atoms with Crippen LogP contribution in [-0.4, -0.2) is 42.0 Å². The van der Waals surface area contributed by atoms with Crippen molar-refractivity contribution in [2.75, 3.05) is 5.75 Å². The van der Waals surface area contributed by atoms with Gasteiger partial charge in [-0.15, -0.1) is 13.2 Å². The number of carbonyl (C=O) groups excluding carboxylic acids is 1. The molecule has 1 aliphatic heterocycles. The predicted octanol–water partition coefficient (Wildman–Crippen LogP) is 2.38. The van der Waals surface area contributed by atoms with Crippen molar-refractivity contribution < 1.29 is 31.2 Å². The Morgan fingerprint density at radius 2 is 2.14 bits per heavy atom. The van der Waals surface area contributed by atoms with E-state index < -0.39 is 26.8 Å². The highest BCUT2D eigenvalue weighted by atomic mass is 32.2. The first-order valence-corrected chi connectivity index (χ1v) is 9.03. The molecule has 5 nitrogen and oxygen atoms in total. The monoisotopic (exact) mass is 357 g/mol. The van der Waals surface area contributed by atoms with Crippen LogP contribution in [0.3, 0.4) is 0 Å². The Bertz CT molecular complexity index is 639. The number of alkyl halides is 3. The van der Waals surface area contributed by atoms with Gasteiger partial charge in [-0.1, -0.05) is 18.7 Å². The molecule has 0 aromatic carbocycles. The summed E-state index contributed by atoms with van der Waals surface area (Å²) in [6.07, 6.45) is -2.45. The number of halogens is 3. The zero-order chi connectivity index (χ0) is 16.7. The first kappa shape index (κ1) is 17.4. The van der Waals surface area contributed by atoms with E-state index in [1.165, 1.54) is 26.0 Å². The number of nitrogens with zero attached hydrogens (tertiary/aromatic N) is 1. The molecule has 0 amide bonds. The van der Waals surface area contributed by atoms with Gasteiger partial charge in [0.25, 0.3) is 0 Å². The minimum absolute atomic E-state index is 0.0429. The van der Waals surface area contributed by atoms with Crippen molar-refractivity contribution in [2.24, 2.45) is 0 Å². The number of thioether (sulfide) groups is 1. The molecule has 2 unspecified atom stereocenters. The van der Waals surface area contributed by atoms with Crippen LogP contribution in [-0.2, 0) is 19.5 Å². The fraction of sp³-hybridized carbons (Fsp3) is 0.583. The van der Waals surface area contributed by atoms with Gasteiger partial charge in [0.2, 0.25) is 0 Å². The molecule has 0 bridgehead atoms. The summed E-state index contributed by atoms with van der Waals surface area (Å²) in [6, 6.07) is 0. The Morgan fingerprint density at radius 1 is 1.50 bits per heavy atom. The highest BCUT2D eigenvalue weighted by molar-refractivity contribution is 8.05. The van der Waals surface area contributed by atoms with Gasteiger partial charge in [0, 0.05) is 17.1 Å². The third-order valence-electron chi connectivity index (χ3n) is 3.33. The van der Waals surface area contributed by atoms with Crippen molar-refractivity contribution in [3.63, 3.8) is 0 Å². The number of rotatable bonds is 4. The Morgan fingerprint density at radius 3 is 2.68 bits per heavy atom. The molecular weight excluding hydrogens is 343 g/mol. The zero-order valence-electron chi connectivity index (χ0n) is 11.8. The van der Waals surface area contributed by atoms with Gasteiger partial charge in [0.15, 0.2) is 15.6 Å². The van der Waals surface area contributed by atoms with Crippen LogP contribution in [0.2, 0.25) is 0 Å². The molecule has 10 heteroatoms. The Labute approximate surface area is 130 Å². The highest BCUT2D eigenvalue weighted by Crippen LogP contribution is 2.47. The summed E-state index contributed by atoms with van der Waals surface area (Å²) in [5.41, 5.74) is 0.0880. The van der Waals surface area contributed by atoms with Crippen molar-refractivity contribution in [1.82, 2.24) is 5.06 Å². The molecule has 0 aromatic rings. The molecule has 0 aromatic heterocycles. The summed E-state index contributed by atoms with van der Waals surface area (Å²) in [5, 5.41) is -1.64. The van der Waals surface area contributed by atoms with E-state index in [2.05, 4.69) is 4.84 Å². The quantitative estimate of drug-likeness (QED) is 0.770. The highest BCUT2D eigenvalue weighted by Gasteiger charge is 2.47. The molecule has 2 rings (SSSR count). The summed E-state index contributed by atoms with van der Waals surface area (Å²) >= 11 is 0.891. The number of allylic oxidation sites excluding steroid dienone is 2. The van der Waals surface area contributed by atoms with Crippen molar-refractivity contribution in [3.8, 4) is 0 Å². The SMILES string of the molecule is CCS(=O)(=O)C(C)C1SC2=CC(=O)CC=C2N1OC(F)(F)F. The van der Waals surface area contributed by atoms with E-state index in [1.54, 1.807) is 0 Å². The van der Waals surface area contributed by atoms with Gasteiger partial charge in [-0.05, 0) is 19.1 Å². The van der Waals surface area contributed by atoms with Crippen LogP contribution in [0.25, 0.3) is 0 Å². The average molecular weight is 357 g/mol. The third kappa shape index (κ3) is 3.49. The van der Waals surface area contributed by atoms with Crippen LogP contribution in [0.1, 0.15) is 20.3 Å². The summed E-state index contributed by atoms with van der Waals surface area (Å²) in [5.74, 6) is -0.438. The van der Waals surface area contributed by atoms with Crippen molar-refractivity contribution in [2.45, 2.75) is 37.3 Å². The number of sulfone groups is 1. The van der Waals surface area contributed by atoms with Crippen LogP contribution in [0.5, 0.6) is 0 Å². The van der Waals surface area contributed by atoms with Crippen molar-refractivity contribution in [3.05, 3.63) is 22.8 Å². The lowest BCUT2D eigenvalue weighted by molar-refractivity contribution is -0.406. The molecule has 1 fully saturated rings. The smallest absolute Gasteiger partial charge is 0.294 e. The maximum absolute atomic E-state index is 12.6. The minimum atomic E-state index is -4.95. The Kier molecular flexibility index (Phi) is 4.65. The maximum Gasteiger partial charge on any atom is 0.544 e. The number of carbonyl (C=O) groups is 1. The largest absolute Gasteiger partial charge is 0.544 e. The van der Waals surface area contributed by atoms with Crippen LogP contribution in [0, 0.1) is 0 Å². The zero-order valence-corrected chi connectivity index (χ0v) is 13.4. The average Bonchev–Trinajstić information content (AvgIpc) is 2.73. The summed E-state index contributed by atoms with van der Waals surface area (Å²) in [4.78, 5) is 15.7. The topological polar surface area (TPSA) is 63.7 Å². The van der Waals surface area contributed by atoms with E-state index in [0.717, 1.165) is 11.8 Å². The summed E-state index contributed by atoms with van der Waals surface area (Å²) in [6.45, 7) is 2.76. The second-order valence-electron chi connectivity index (χ2n) is 4.80. The Balaban J connectivity index is 2.39. The van der Waals surface area contributed by atoms with E-state index in [9.17, 15) is 26.4 Å². The van der Waals surface area contributed by atoms with Crippen LogP contribution < -0.4 is 0 Å². The number of fused-ring (bicyclic) bond motifs is 1. The molecular formula is C12H14F3NO4S2. The first-order valence-electron chi connectivity index (χ1n) is 6.43. The number of hydroxylamine groups is 2. The van der Waals surface area contributed by atoms with Crippen molar-refractivity contribution in [1.29, 1.82) is 0 Å². The van der Waals surface area contributed by atoms with Gasteiger partial charge in [-0.25, -0.2) is 13.5 Å². The lowest BCUT2D eigenvalue weighted by Crippen LogP contribution is -2.42. The molecule has 124 valence electrons. The van der Waals surface area contributed by atoms with E-state index in [0.29, 0.717) is 9.97 Å². The molecule has 2 aliphatic rings. The first-order chi connectivity index (χ1) is 10.0. The second kappa shape index (κ2) is 5.89.